The number of hydrogen-bond acceptors (Lipinski definition) is 3. The van der Waals surface area contributed by atoms with Gasteiger partial charge in [0.2, 0.25) is 0 Å². The Kier molecular flexibility index (Phi) is 6.34. The Labute approximate surface area is 108 Å². The largest absolute Gasteiger partial charge is 0.493 e. The van der Waals surface area contributed by atoms with Gasteiger partial charge in [-0.1, -0.05) is 11.6 Å². The Balaban J connectivity index is 2.52. The summed E-state index contributed by atoms with van der Waals surface area (Å²) in [4.78, 5) is 0. The lowest BCUT2D eigenvalue weighted by Crippen LogP contribution is -2.09. The number of nitrogens with two attached hydrogens (primary N) is 1. The van der Waals surface area contributed by atoms with Crippen molar-refractivity contribution in [3.8, 4) is 5.75 Å². The van der Waals surface area contributed by atoms with E-state index in [1.165, 1.54) is 0 Å². The van der Waals surface area contributed by atoms with Crippen LogP contribution in [0.25, 0.3) is 0 Å². The SMILES string of the molecule is CCOCCCOc1ccc(Cl)cc1C(C)N. The van der Waals surface area contributed by atoms with Gasteiger partial charge in [0.25, 0.3) is 0 Å². The van der Waals surface area contributed by atoms with Gasteiger partial charge in [0, 0.05) is 36.3 Å². The van der Waals surface area contributed by atoms with Crippen LogP contribution in [0.5, 0.6) is 5.75 Å². The van der Waals surface area contributed by atoms with E-state index in [-0.39, 0.29) is 6.04 Å². The molecule has 0 radical (unpaired) electrons. The smallest absolute Gasteiger partial charge is 0.124 e. The summed E-state index contributed by atoms with van der Waals surface area (Å²) in [5.74, 6) is 0.806. The van der Waals surface area contributed by atoms with Crippen LogP contribution in [0.2, 0.25) is 5.02 Å². The fraction of sp³-hybridized carbons (Fsp3) is 0.538. The molecule has 1 aromatic rings. The van der Waals surface area contributed by atoms with Crippen molar-refractivity contribution in [2.75, 3.05) is 19.8 Å². The zero-order valence-corrected chi connectivity index (χ0v) is 11.2. The second-order valence-electron chi connectivity index (χ2n) is 3.87. The molecule has 4 heteroatoms. The number of ether oxygens (including phenoxy) is 2. The maximum absolute atomic E-state index is 5.93. The van der Waals surface area contributed by atoms with Crippen LogP contribution in [0.3, 0.4) is 0 Å². The molecule has 96 valence electrons. The average molecular weight is 258 g/mol. The molecule has 17 heavy (non-hydrogen) atoms. The molecule has 0 bridgehead atoms. The molecular formula is C13H20ClNO2. The summed E-state index contributed by atoms with van der Waals surface area (Å²) in [5, 5.41) is 0.680. The molecule has 0 heterocycles. The molecule has 3 nitrogen and oxygen atoms in total. The van der Waals surface area contributed by atoms with Crippen LogP contribution in [-0.2, 0) is 4.74 Å². The van der Waals surface area contributed by atoms with Crippen LogP contribution in [0.4, 0.5) is 0 Å². The molecule has 0 aromatic heterocycles. The molecular weight excluding hydrogens is 238 g/mol. The molecule has 0 saturated heterocycles. The molecule has 0 saturated carbocycles. The highest BCUT2D eigenvalue weighted by Gasteiger charge is 2.08. The third-order valence-corrected chi connectivity index (χ3v) is 2.59. The van der Waals surface area contributed by atoms with Crippen molar-refractivity contribution < 1.29 is 9.47 Å². The summed E-state index contributed by atoms with van der Waals surface area (Å²) in [6.07, 6.45) is 0.870. The first-order valence-electron chi connectivity index (χ1n) is 5.90. The maximum atomic E-state index is 5.93. The van der Waals surface area contributed by atoms with Crippen LogP contribution in [0, 0.1) is 0 Å². The summed E-state index contributed by atoms with van der Waals surface area (Å²) < 4.78 is 10.9. The summed E-state index contributed by atoms with van der Waals surface area (Å²) in [5.41, 5.74) is 6.81. The number of benzene rings is 1. The topological polar surface area (TPSA) is 44.5 Å². The summed E-state index contributed by atoms with van der Waals surface area (Å²) in [7, 11) is 0. The number of hydrogen-bond donors (Lipinski definition) is 1. The first-order valence-corrected chi connectivity index (χ1v) is 6.28. The fourth-order valence-electron chi connectivity index (χ4n) is 1.49. The second kappa shape index (κ2) is 7.54. The van der Waals surface area contributed by atoms with Crippen molar-refractivity contribution in [2.45, 2.75) is 26.3 Å². The van der Waals surface area contributed by atoms with Crippen molar-refractivity contribution in [1.29, 1.82) is 0 Å². The molecule has 0 aliphatic rings. The first-order chi connectivity index (χ1) is 8.15. The van der Waals surface area contributed by atoms with E-state index < -0.39 is 0 Å². The minimum atomic E-state index is -0.0874. The Morgan fingerprint density at radius 3 is 2.76 bits per heavy atom. The van der Waals surface area contributed by atoms with Gasteiger partial charge >= 0.3 is 0 Å². The fourth-order valence-corrected chi connectivity index (χ4v) is 1.67. The van der Waals surface area contributed by atoms with Gasteiger partial charge < -0.3 is 15.2 Å². The average Bonchev–Trinajstić information content (AvgIpc) is 2.30. The van der Waals surface area contributed by atoms with Crippen LogP contribution in [0.1, 0.15) is 31.9 Å². The van der Waals surface area contributed by atoms with Crippen LogP contribution < -0.4 is 10.5 Å². The summed E-state index contributed by atoms with van der Waals surface area (Å²) in [6, 6.07) is 5.44. The van der Waals surface area contributed by atoms with E-state index >= 15 is 0 Å². The Morgan fingerprint density at radius 2 is 2.12 bits per heavy atom. The highest BCUT2D eigenvalue weighted by Crippen LogP contribution is 2.27. The molecule has 0 aliphatic carbocycles. The van der Waals surface area contributed by atoms with Crippen molar-refractivity contribution in [2.24, 2.45) is 5.73 Å². The van der Waals surface area contributed by atoms with Crippen molar-refractivity contribution in [1.82, 2.24) is 0 Å². The van der Waals surface area contributed by atoms with Gasteiger partial charge in [-0.05, 0) is 32.0 Å². The molecule has 0 fully saturated rings. The third kappa shape index (κ3) is 4.94. The summed E-state index contributed by atoms with van der Waals surface area (Å²) >= 11 is 5.93. The monoisotopic (exact) mass is 257 g/mol. The maximum Gasteiger partial charge on any atom is 0.124 e. The normalized spacial score (nSPS) is 12.5. The highest BCUT2D eigenvalue weighted by atomic mass is 35.5. The van der Waals surface area contributed by atoms with Gasteiger partial charge in [-0.15, -0.1) is 0 Å². The lowest BCUT2D eigenvalue weighted by atomic mass is 10.1. The lowest BCUT2D eigenvalue weighted by Gasteiger charge is -2.14. The van der Waals surface area contributed by atoms with E-state index in [9.17, 15) is 0 Å². The van der Waals surface area contributed by atoms with E-state index in [1.54, 1.807) is 0 Å². The minimum Gasteiger partial charge on any atom is -0.493 e. The molecule has 0 aliphatic heterocycles. The summed E-state index contributed by atoms with van der Waals surface area (Å²) in [6.45, 7) is 5.98. The van der Waals surface area contributed by atoms with Gasteiger partial charge in [-0.3, -0.25) is 0 Å². The Hall–Kier alpha value is -0.770. The van der Waals surface area contributed by atoms with Gasteiger partial charge in [0.15, 0.2) is 0 Å². The number of rotatable bonds is 7. The lowest BCUT2D eigenvalue weighted by molar-refractivity contribution is 0.130. The van der Waals surface area contributed by atoms with Gasteiger partial charge in [0.1, 0.15) is 5.75 Å². The van der Waals surface area contributed by atoms with E-state index in [1.807, 2.05) is 32.0 Å². The van der Waals surface area contributed by atoms with E-state index in [0.717, 1.165) is 30.9 Å². The molecule has 0 spiro atoms. The zero-order chi connectivity index (χ0) is 12.7. The molecule has 2 N–H and O–H groups in total. The van der Waals surface area contributed by atoms with E-state index in [2.05, 4.69) is 0 Å². The van der Waals surface area contributed by atoms with E-state index in [4.69, 9.17) is 26.8 Å². The zero-order valence-electron chi connectivity index (χ0n) is 10.4. The first kappa shape index (κ1) is 14.3. The highest BCUT2D eigenvalue weighted by molar-refractivity contribution is 6.30. The Morgan fingerprint density at radius 1 is 1.35 bits per heavy atom. The molecule has 1 rings (SSSR count). The van der Waals surface area contributed by atoms with Crippen molar-refractivity contribution in [3.05, 3.63) is 28.8 Å². The van der Waals surface area contributed by atoms with Gasteiger partial charge in [-0.2, -0.15) is 0 Å². The molecule has 1 atom stereocenters. The number of halogens is 1. The molecule has 1 aromatic carbocycles. The Bertz CT molecular complexity index is 342. The van der Waals surface area contributed by atoms with Gasteiger partial charge in [0.05, 0.1) is 6.61 Å². The van der Waals surface area contributed by atoms with Crippen molar-refractivity contribution in [3.63, 3.8) is 0 Å². The van der Waals surface area contributed by atoms with Crippen molar-refractivity contribution >= 4 is 11.6 Å². The predicted molar refractivity (Wildman–Crippen MR) is 70.7 cm³/mol. The van der Waals surface area contributed by atoms with Crippen LogP contribution in [0.15, 0.2) is 18.2 Å². The second-order valence-corrected chi connectivity index (χ2v) is 4.31. The minimum absolute atomic E-state index is 0.0874. The van der Waals surface area contributed by atoms with Crippen LogP contribution >= 0.6 is 11.6 Å². The van der Waals surface area contributed by atoms with Crippen LogP contribution in [-0.4, -0.2) is 19.8 Å². The van der Waals surface area contributed by atoms with Gasteiger partial charge in [-0.25, -0.2) is 0 Å². The van der Waals surface area contributed by atoms with E-state index in [0.29, 0.717) is 11.6 Å². The third-order valence-electron chi connectivity index (χ3n) is 2.36. The standard InChI is InChI=1S/C13H20ClNO2/c1-3-16-7-4-8-17-13-6-5-11(14)9-12(13)10(2)15/h5-6,9-10H,3-4,7-8,15H2,1-2H3. The molecule has 1 unspecified atom stereocenters. The predicted octanol–water partition coefficient (Wildman–Crippen LogP) is 3.17. The quantitative estimate of drug-likeness (QED) is 0.763. The molecule has 0 amide bonds.